The molecule has 4 aromatic rings. The molecule has 0 aliphatic carbocycles. The van der Waals surface area contributed by atoms with Crippen molar-refractivity contribution in [2.75, 3.05) is 24.6 Å². The van der Waals surface area contributed by atoms with Gasteiger partial charge in [-0.2, -0.15) is 9.78 Å². The number of piperidine rings is 1. The van der Waals surface area contributed by atoms with Gasteiger partial charge in [0.2, 0.25) is 0 Å². The van der Waals surface area contributed by atoms with Crippen molar-refractivity contribution in [2.45, 2.75) is 52.9 Å². The van der Waals surface area contributed by atoms with Crippen molar-refractivity contribution in [1.82, 2.24) is 9.66 Å². The second-order valence-electron chi connectivity index (χ2n) is 10.4. The van der Waals surface area contributed by atoms with E-state index < -0.39 is 0 Å². The van der Waals surface area contributed by atoms with Crippen LogP contribution in [0.2, 0.25) is 0 Å². The number of anilines is 1. The maximum Gasteiger partial charge on any atom is 0.282 e. The Morgan fingerprint density at radius 2 is 1.85 bits per heavy atom. The molecule has 0 atom stereocenters. The first-order valence-corrected chi connectivity index (χ1v) is 13.8. The molecular weight excluding hydrogens is 491 g/mol. The Labute approximate surface area is 228 Å². The van der Waals surface area contributed by atoms with Crippen LogP contribution in [0.3, 0.4) is 0 Å². The van der Waals surface area contributed by atoms with Gasteiger partial charge in [-0.3, -0.25) is 4.79 Å². The lowest BCUT2D eigenvalue weighted by atomic mass is 9.96. The highest BCUT2D eigenvalue weighted by molar-refractivity contribution is 5.83. The van der Waals surface area contributed by atoms with Gasteiger partial charge in [-0.15, -0.1) is 0 Å². The first-order valence-electron chi connectivity index (χ1n) is 13.8. The minimum Gasteiger partial charge on any atom is -0.494 e. The number of nitrogens with zero attached hydrogens (tertiary/aromatic N) is 4. The smallest absolute Gasteiger partial charge is 0.282 e. The molecule has 2 heterocycles. The van der Waals surface area contributed by atoms with E-state index in [1.807, 2.05) is 44.2 Å². The molecule has 1 aliphatic rings. The monoisotopic (exact) mass is 526 g/mol. The molecule has 1 saturated heterocycles. The average Bonchev–Trinajstić information content (AvgIpc) is 2.94. The molecule has 0 bridgehead atoms. The molecule has 0 spiro atoms. The van der Waals surface area contributed by atoms with E-state index in [1.165, 1.54) is 17.3 Å². The summed E-state index contributed by atoms with van der Waals surface area (Å²) in [6.45, 7) is 10.6. The van der Waals surface area contributed by atoms with E-state index >= 15 is 4.39 Å². The van der Waals surface area contributed by atoms with Crippen LogP contribution in [0.1, 0.15) is 62.6 Å². The van der Waals surface area contributed by atoms with Crippen molar-refractivity contribution in [2.24, 2.45) is 5.10 Å². The largest absolute Gasteiger partial charge is 0.494 e. The zero-order valence-electron chi connectivity index (χ0n) is 23.1. The summed E-state index contributed by atoms with van der Waals surface area (Å²) in [5.41, 5.74) is 4.18. The standard InChI is InChI=1S/C32H35FN4O2/c1-5-39-30-17-22(4)27(19-26(30)21(2)3)31-35-29-12-8-7-11-25(29)32(38)37(31)34-20-23-13-14-24(18-28(23)33)36-15-9-6-10-16-36/h7-8,11-14,17-21H,5-6,9-10,15-16H2,1-4H3. The second kappa shape index (κ2) is 11.4. The highest BCUT2D eigenvalue weighted by atomic mass is 19.1. The summed E-state index contributed by atoms with van der Waals surface area (Å²) in [5, 5.41) is 4.96. The fourth-order valence-corrected chi connectivity index (χ4v) is 5.17. The zero-order chi connectivity index (χ0) is 27.5. The van der Waals surface area contributed by atoms with Crippen molar-refractivity contribution in [3.63, 3.8) is 0 Å². The van der Waals surface area contributed by atoms with E-state index in [0.29, 0.717) is 28.9 Å². The second-order valence-corrected chi connectivity index (χ2v) is 10.4. The van der Waals surface area contributed by atoms with Crippen molar-refractivity contribution < 1.29 is 9.13 Å². The van der Waals surface area contributed by atoms with Gasteiger partial charge >= 0.3 is 0 Å². The van der Waals surface area contributed by atoms with Crippen LogP contribution in [-0.4, -0.2) is 35.6 Å². The SMILES string of the molecule is CCOc1cc(C)c(-c2nc3ccccc3c(=O)n2N=Cc2ccc(N3CCCCC3)cc2F)cc1C(C)C. The lowest BCUT2D eigenvalue weighted by Gasteiger charge is -2.28. The van der Waals surface area contributed by atoms with Crippen LogP contribution in [-0.2, 0) is 0 Å². The minimum atomic E-state index is -0.371. The van der Waals surface area contributed by atoms with Crippen LogP contribution in [0, 0.1) is 12.7 Å². The predicted octanol–water partition coefficient (Wildman–Crippen LogP) is 6.91. The van der Waals surface area contributed by atoms with Crippen LogP contribution < -0.4 is 15.2 Å². The Kier molecular flexibility index (Phi) is 7.77. The number of aromatic nitrogens is 2. The van der Waals surface area contributed by atoms with Gasteiger partial charge in [0.25, 0.3) is 5.56 Å². The average molecular weight is 527 g/mol. The van der Waals surface area contributed by atoms with E-state index in [4.69, 9.17) is 9.72 Å². The van der Waals surface area contributed by atoms with Crippen LogP contribution in [0.25, 0.3) is 22.3 Å². The molecule has 1 aliphatic heterocycles. The van der Waals surface area contributed by atoms with Crippen molar-refractivity contribution in [3.05, 3.63) is 87.5 Å². The third-order valence-electron chi connectivity index (χ3n) is 7.29. The first-order chi connectivity index (χ1) is 18.9. The number of hydrogen-bond donors (Lipinski definition) is 0. The summed E-state index contributed by atoms with van der Waals surface area (Å²) in [6, 6.07) is 16.4. The number of rotatable bonds is 7. The molecule has 5 rings (SSSR count). The normalized spacial score (nSPS) is 14.1. The minimum absolute atomic E-state index is 0.197. The van der Waals surface area contributed by atoms with Crippen LogP contribution in [0.4, 0.5) is 10.1 Å². The van der Waals surface area contributed by atoms with Crippen molar-refractivity contribution in [3.8, 4) is 17.1 Å². The molecule has 1 fully saturated rings. The summed E-state index contributed by atoms with van der Waals surface area (Å²) >= 11 is 0. The third kappa shape index (κ3) is 5.44. The molecule has 1 aromatic heterocycles. The molecule has 6 nitrogen and oxygen atoms in total. The van der Waals surface area contributed by atoms with Crippen molar-refractivity contribution in [1.29, 1.82) is 0 Å². The van der Waals surface area contributed by atoms with E-state index in [2.05, 4.69) is 23.8 Å². The lowest BCUT2D eigenvalue weighted by molar-refractivity contribution is 0.335. The number of para-hydroxylation sites is 1. The molecule has 7 heteroatoms. The van der Waals surface area contributed by atoms with Gasteiger partial charge in [-0.05, 0) is 92.6 Å². The third-order valence-corrected chi connectivity index (χ3v) is 7.29. The summed E-state index contributed by atoms with van der Waals surface area (Å²) in [5.74, 6) is 1.05. The number of fused-ring (bicyclic) bond motifs is 1. The molecule has 0 saturated carbocycles. The highest BCUT2D eigenvalue weighted by Crippen LogP contribution is 2.34. The van der Waals surface area contributed by atoms with E-state index in [-0.39, 0.29) is 17.3 Å². The van der Waals surface area contributed by atoms with Gasteiger partial charge < -0.3 is 9.64 Å². The van der Waals surface area contributed by atoms with Crippen LogP contribution in [0.5, 0.6) is 5.75 Å². The molecule has 0 N–H and O–H groups in total. The fourth-order valence-electron chi connectivity index (χ4n) is 5.17. The Bertz CT molecular complexity index is 1590. The number of ether oxygens (including phenoxy) is 1. The van der Waals surface area contributed by atoms with E-state index in [9.17, 15) is 4.79 Å². The Morgan fingerprint density at radius 1 is 1.08 bits per heavy atom. The van der Waals surface area contributed by atoms with Gasteiger partial charge in [-0.25, -0.2) is 9.37 Å². The van der Waals surface area contributed by atoms with Crippen molar-refractivity contribution >= 4 is 22.8 Å². The van der Waals surface area contributed by atoms with Gasteiger partial charge in [0.15, 0.2) is 5.82 Å². The molecule has 202 valence electrons. The van der Waals surface area contributed by atoms with Crippen LogP contribution >= 0.6 is 0 Å². The summed E-state index contributed by atoms with van der Waals surface area (Å²) in [6.07, 6.45) is 4.86. The van der Waals surface area contributed by atoms with Crippen LogP contribution in [0.15, 0.2) is 64.5 Å². The molecule has 0 unspecified atom stereocenters. The van der Waals surface area contributed by atoms with Gasteiger partial charge in [0, 0.05) is 29.9 Å². The molecule has 0 amide bonds. The summed E-state index contributed by atoms with van der Waals surface area (Å²) < 4.78 is 22.4. The Morgan fingerprint density at radius 3 is 2.56 bits per heavy atom. The topological polar surface area (TPSA) is 59.7 Å². The maximum absolute atomic E-state index is 15.2. The maximum atomic E-state index is 15.2. The Balaban J connectivity index is 1.63. The Hall–Kier alpha value is -4.00. The quantitative estimate of drug-likeness (QED) is 0.246. The number of hydrogen-bond acceptors (Lipinski definition) is 5. The van der Waals surface area contributed by atoms with Gasteiger partial charge in [0.05, 0.1) is 23.7 Å². The molecule has 39 heavy (non-hydrogen) atoms. The zero-order valence-corrected chi connectivity index (χ0v) is 23.1. The van der Waals surface area contributed by atoms with Gasteiger partial charge in [-0.1, -0.05) is 26.0 Å². The fraction of sp³-hybridized carbons (Fsp3) is 0.344. The molecule has 3 aromatic carbocycles. The highest BCUT2D eigenvalue weighted by Gasteiger charge is 2.19. The number of halogens is 1. The number of aryl methyl sites for hydroxylation is 1. The van der Waals surface area contributed by atoms with E-state index in [1.54, 1.807) is 24.3 Å². The summed E-state index contributed by atoms with van der Waals surface area (Å²) in [4.78, 5) is 20.7. The predicted molar refractivity (Wildman–Crippen MR) is 157 cm³/mol. The van der Waals surface area contributed by atoms with E-state index in [0.717, 1.165) is 54.1 Å². The number of benzene rings is 3. The lowest BCUT2D eigenvalue weighted by Crippen LogP contribution is -2.29. The molecule has 0 radical (unpaired) electrons. The van der Waals surface area contributed by atoms with Gasteiger partial charge in [0.1, 0.15) is 11.6 Å². The molecular formula is C32H35FN4O2. The summed E-state index contributed by atoms with van der Waals surface area (Å²) in [7, 11) is 0. The first kappa shape index (κ1) is 26.6.